The minimum atomic E-state index is -0.283. The molecule has 1 fully saturated rings. The Morgan fingerprint density at radius 1 is 1.58 bits per heavy atom. The Morgan fingerprint density at radius 3 is 3.00 bits per heavy atom. The lowest BCUT2D eigenvalue weighted by Crippen LogP contribution is -2.45. The zero-order valence-corrected chi connectivity index (χ0v) is 12.1. The lowest BCUT2D eigenvalue weighted by Gasteiger charge is -2.22. The molecule has 0 bridgehead atoms. The van der Waals surface area contributed by atoms with E-state index in [-0.39, 0.29) is 17.9 Å². The fraction of sp³-hybridized carbons (Fsp3) is 0.615. The smallest absolute Gasteiger partial charge is 0.242 e. The van der Waals surface area contributed by atoms with Crippen molar-refractivity contribution in [2.75, 3.05) is 13.1 Å². The molecule has 104 valence electrons. The SMILES string of the molecule is CC(=O)N1CCC[C@H]1C(=O)NCCc1csc(C)n1. The van der Waals surface area contributed by atoms with Crippen LogP contribution in [0.15, 0.2) is 5.38 Å². The van der Waals surface area contributed by atoms with Crippen LogP contribution in [0.5, 0.6) is 0 Å². The van der Waals surface area contributed by atoms with Gasteiger partial charge < -0.3 is 10.2 Å². The molecular formula is C13H19N3O2S. The Bertz CT molecular complexity index is 472. The van der Waals surface area contributed by atoms with Crippen molar-refractivity contribution < 1.29 is 9.59 Å². The van der Waals surface area contributed by atoms with E-state index < -0.39 is 0 Å². The number of hydrogen-bond acceptors (Lipinski definition) is 4. The normalized spacial score (nSPS) is 18.6. The van der Waals surface area contributed by atoms with Crippen LogP contribution in [0.25, 0.3) is 0 Å². The molecule has 1 atom stereocenters. The maximum atomic E-state index is 12.0. The molecule has 1 aromatic heterocycles. The first-order valence-electron chi connectivity index (χ1n) is 6.54. The van der Waals surface area contributed by atoms with Gasteiger partial charge in [-0.3, -0.25) is 9.59 Å². The first-order valence-corrected chi connectivity index (χ1v) is 7.42. The summed E-state index contributed by atoms with van der Waals surface area (Å²) in [5.74, 6) is -0.0626. The maximum Gasteiger partial charge on any atom is 0.242 e. The molecule has 0 aliphatic carbocycles. The van der Waals surface area contributed by atoms with E-state index in [1.807, 2.05) is 12.3 Å². The quantitative estimate of drug-likeness (QED) is 0.899. The van der Waals surface area contributed by atoms with Crippen LogP contribution in [0, 0.1) is 6.92 Å². The van der Waals surface area contributed by atoms with Crippen LogP contribution in [0.1, 0.15) is 30.5 Å². The van der Waals surface area contributed by atoms with E-state index in [4.69, 9.17) is 0 Å². The summed E-state index contributed by atoms with van der Waals surface area (Å²) < 4.78 is 0. The van der Waals surface area contributed by atoms with E-state index >= 15 is 0 Å². The van der Waals surface area contributed by atoms with E-state index in [0.717, 1.165) is 30.0 Å². The van der Waals surface area contributed by atoms with Crippen molar-refractivity contribution in [1.29, 1.82) is 0 Å². The summed E-state index contributed by atoms with van der Waals surface area (Å²) in [5.41, 5.74) is 1.01. The van der Waals surface area contributed by atoms with E-state index in [1.54, 1.807) is 16.2 Å². The molecule has 2 heterocycles. The molecule has 19 heavy (non-hydrogen) atoms. The van der Waals surface area contributed by atoms with Crippen LogP contribution in [-0.4, -0.2) is 40.8 Å². The third kappa shape index (κ3) is 3.53. The molecule has 1 aliphatic heterocycles. The summed E-state index contributed by atoms with van der Waals surface area (Å²) in [6.07, 6.45) is 2.41. The average Bonchev–Trinajstić information content (AvgIpc) is 2.97. The number of hydrogen-bond donors (Lipinski definition) is 1. The molecule has 5 nitrogen and oxygen atoms in total. The van der Waals surface area contributed by atoms with Crippen molar-refractivity contribution in [3.05, 3.63) is 16.1 Å². The molecular weight excluding hydrogens is 262 g/mol. The Morgan fingerprint density at radius 2 is 2.37 bits per heavy atom. The molecule has 0 radical (unpaired) electrons. The number of likely N-dealkylation sites (tertiary alicyclic amines) is 1. The number of aromatic nitrogens is 1. The highest BCUT2D eigenvalue weighted by atomic mass is 32.1. The molecule has 0 unspecified atom stereocenters. The summed E-state index contributed by atoms with van der Waals surface area (Å²) in [6, 6.07) is -0.283. The first-order chi connectivity index (χ1) is 9.08. The van der Waals surface area contributed by atoms with E-state index in [9.17, 15) is 9.59 Å². The average molecular weight is 281 g/mol. The predicted molar refractivity (Wildman–Crippen MR) is 74.0 cm³/mol. The van der Waals surface area contributed by atoms with Crippen molar-refractivity contribution >= 4 is 23.2 Å². The number of nitrogens with one attached hydrogen (secondary N) is 1. The van der Waals surface area contributed by atoms with Gasteiger partial charge in [0, 0.05) is 31.8 Å². The third-order valence-electron chi connectivity index (χ3n) is 3.31. The van der Waals surface area contributed by atoms with Gasteiger partial charge in [-0.25, -0.2) is 4.98 Å². The van der Waals surface area contributed by atoms with Crippen LogP contribution in [-0.2, 0) is 16.0 Å². The van der Waals surface area contributed by atoms with Gasteiger partial charge in [0.15, 0.2) is 0 Å². The second-order valence-electron chi connectivity index (χ2n) is 4.77. The van der Waals surface area contributed by atoms with Gasteiger partial charge in [-0.2, -0.15) is 0 Å². The fourth-order valence-electron chi connectivity index (χ4n) is 2.37. The Labute approximate surface area is 117 Å². The summed E-state index contributed by atoms with van der Waals surface area (Å²) in [5, 5.41) is 5.95. The van der Waals surface area contributed by atoms with Crippen molar-refractivity contribution in [1.82, 2.24) is 15.2 Å². The van der Waals surface area contributed by atoms with Crippen molar-refractivity contribution in [3.63, 3.8) is 0 Å². The van der Waals surface area contributed by atoms with Gasteiger partial charge in [-0.1, -0.05) is 0 Å². The largest absolute Gasteiger partial charge is 0.354 e. The highest BCUT2D eigenvalue weighted by Gasteiger charge is 2.31. The third-order valence-corrected chi connectivity index (χ3v) is 4.13. The second kappa shape index (κ2) is 6.14. The number of carbonyl (C=O) groups excluding carboxylic acids is 2. The molecule has 6 heteroatoms. The molecule has 1 aliphatic rings. The highest BCUT2D eigenvalue weighted by Crippen LogP contribution is 2.17. The summed E-state index contributed by atoms with van der Waals surface area (Å²) in [7, 11) is 0. The second-order valence-corrected chi connectivity index (χ2v) is 5.83. The lowest BCUT2D eigenvalue weighted by molar-refractivity contribution is -0.136. The molecule has 0 saturated carbocycles. The van der Waals surface area contributed by atoms with Gasteiger partial charge in [-0.15, -0.1) is 11.3 Å². The van der Waals surface area contributed by atoms with Crippen molar-refractivity contribution in [2.45, 2.75) is 39.2 Å². The first kappa shape index (κ1) is 14.0. The molecule has 2 rings (SSSR count). The highest BCUT2D eigenvalue weighted by molar-refractivity contribution is 7.09. The molecule has 1 aromatic rings. The number of rotatable bonds is 4. The van der Waals surface area contributed by atoms with Gasteiger partial charge >= 0.3 is 0 Å². The van der Waals surface area contributed by atoms with Crippen molar-refractivity contribution in [2.24, 2.45) is 0 Å². The predicted octanol–water partition coefficient (Wildman–Crippen LogP) is 1.12. The Balaban J connectivity index is 1.79. The number of nitrogens with zero attached hydrogens (tertiary/aromatic N) is 2. The van der Waals surface area contributed by atoms with Gasteiger partial charge in [0.1, 0.15) is 6.04 Å². The monoisotopic (exact) mass is 281 g/mol. The number of thiazole rings is 1. The lowest BCUT2D eigenvalue weighted by atomic mass is 10.2. The van der Waals surface area contributed by atoms with E-state index in [1.165, 1.54) is 6.92 Å². The number of carbonyl (C=O) groups is 2. The van der Waals surface area contributed by atoms with Crippen LogP contribution in [0.3, 0.4) is 0 Å². The van der Waals surface area contributed by atoms with E-state index in [2.05, 4.69) is 10.3 Å². The minimum Gasteiger partial charge on any atom is -0.354 e. The minimum absolute atomic E-state index is 0.0206. The van der Waals surface area contributed by atoms with E-state index in [0.29, 0.717) is 13.1 Å². The van der Waals surface area contributed by atoms with Gasteiger partial charge in [-0.05, 0) is 19.8 Å². The van der Waals surface area contributed by atoms with Crippen LogP contribution >= 0.6 is 11.3 Å². The fourth-order valence-corrected chi connectivity index (χ4v) is 3.02. The summed E-state index contributed by atoms with van der Waals surface area (Å²) in [6.45, 7) is 4.75. The molecule has 0 spiro atoms. The maximum absolute atomic E-state index is 12.0. The zero-order chi connectivity index (χ0) is 13.8. The number of aryl methyl sites for hydroxylation is 1. The van der Waals surface area contributed by atoms with Gasteiger partial charge in [0.05, 0.1) is 10.7 Å². The van der Waals surface area contributed by atoms with Crippen LogP contribution in [0.2, 0.25) is 0 Å². The Kier molecular flexibility index (Phi) is 4.52. The molecule has 2 amide bonds. The zero-order valence-electron chi connectivity index (χ0n) is 11.3. The van der Waals surface area contributed by atoms with Crippen LogP contribution < -0.4 is 5.32 Å². The number of amides is 2. The molecule has 1 N–H and O–H groups in total. The standard InChI is InChI=1S/C13H19N3O2S/c1-9-15-11(8-19-9)5-6-14-13(18)12-4-3-7-16(12)10(2)17/h8,12H,3-7H2,1-2H3,(H,14,18)/t12-/m0/s1. The Hall–Kier alpha value is -1.43. The van der Waals surface area contributed by atoms with Gasteiger partial charge in [0.2, 0.25) is 11.8 Å². The van der Waals surface area contributed by atoms with Crippen LogP contribution in [0.4, 0.5) is 0 Å². The molecule has 0 aromatic carbocycles. The topological polar surface area (TPSA) is 62.3 Å². The summed E-state index contributed by atoms with van der Waals surface area (Å²) >= 11 is 1.62. The van der Waals surface area contributed by atoms with Gasteiger partial charge in [0.25, 0.3) is 0 Å². The van der Waals surface area contributed by atoms with Crippen molar-refractivity contribution in [3.8, 4) is 0 Å². The molecule has 1 saturated heterocycles. The summed E-state index contributed by atoms with van der Waals surface area (Å²) in [4.78, 5) is 29.4.